The van der Waals surface area contributed by atoms with Crippen LogP contribution in [-0.4, -0.2) is 28.6 Å². The van der Waals surface area contributed by atoms with Crippen LogP contribution in [0.15, 0.2) is 18.3 Å². The van der Waals surface area contributed by atoms with Gasteiger partial charge in [0, 0.05) is 12.3 Å². The van der Waals surface area contributed by atoms with E-state index in [1.165, 1.54) is 12.3 Å². The van der Waals surface area contributed by atoms with Crippen molar-refractivity contribution in [1.82, 2.24) is 4.98 Å². The van der Waals surface area contributed by atoms with E-state index < -0.39 is 5.97 Å². The van der Waals surface area contributed by atoms with Gasteiger partial charge in [0.15, 0.2) is 18.2 Å². The summed E-state index contributed by atoms with van der Waals surface area (Å²) in [5, 5.41) is 11.0. The van der Waals surface area contributed by atoms with Crippen LogP contribution in [0.4, 0.5) is 5.82 Å². The highest BCUT2D eigenvalue weighted by atomic mass is 35.5. The van der Waals surface area contributed by atoms with E-state index in [0.29, 0.717) is 17.1 Å². The van der Waals surface area contributed by atoms with Crippen molar-refractivity contribution < 1.29 is 19.4 Å². The summed E-state index contributed by atoms with van der Waals surface area (Å²) in [5.41, 5.74) is 0.595. The number of amides is 1. The van der Waals surface area contributed by atoms with Crippen LogP contribution in [0.2, 0.25) is 0 Å². The molecule has 2 N–H and O–H groups in total. The molecule has 0 fully saturated rings. The quantitative estimate of drug-likeness (QED) is 0.769. The maximum absolute atomic E-state index is 11.0. The second-order valence-electron chi connectivity index (χ2n) is 3.12. The molecule has 0 aliphatic carbocycles. The number of aromatic nitrogens is 1. The summed E-state index contributed by atoms with van der Waals surface area (Å²) in [5.74, 6) is -0.503. The topological polar surface area (TPSA) is 88.5 Å². The zero-order valence-corrected chi connectivity index (χ0v) is 9.36. The normalized spacial score (nSPS) is 13.3. The Morgan fingerprint density at radius 2 is 2.35 bits per heavy atom. The summed E-state index contributed by atoms with van der Waals surface area (Å²) in [6.45, 7) is -0.0548. The lowest BCUT2D eigenvalue weighted by Gasteiger charge is -2.16. The van der Waals surface area contributed by atoms with Gasteiger partial charge in [-0.05, 0) is 17.7 Å². The largest absolute Gasteiger partial charge is 0.480 e. The maximum Gasteiger partial charge on any atom is 0.328 e. The number of carboxylic acids is 1. The SMILES string of the molecule is Cl.O=C(O)C=Cc1cnc2c(c1)OCC(=O)N2. The van der Waals surface area contributed by atoms with Crippen LogP contribution in [0.25, 0.3) is 6.08 Å². The maximum atomic E-state index is 11.0. The van der Waals surface area contributed by atoms with E-state index >= 15 is 0 Å². The first-order chi connectivity index (χ1) is 7.65. The van der Waals surface area contributed by atoms with Crippen molar-refractivity contribution in [3.63, 3.8) is 0 Å². The van der Waals surface area contributed by atoms with Crippen LogP contribution in [0.1, 0.15) is 5.56 Å². The number of anilines is 1. The molecule has 1 amide bonds. The Morgan fingerprint density at radius 3 is 3.06 bits per heavy atom. The van der Waals surface area contributed by atoms with Crippen LogP contribution in [0.5, 0.6) is 5.75 Å². The number of nitrogens with one attached hydrogen (secondary N) is 1. The molecule has 1 aromatic rings. The zero-order valence-electron chi connectivity index (χ0n) is 8.54. The highest BCUT2D eigenvalue weighted by Gasteiger charge is 2.16. The van der Waals surface area contributed by atoms with E-state index in [9.17, 15) is 9.59 Å². The first-order valence-corrected chi connectivity index (χ1v) is 4.49. The molecule has 1 aromatic heterocycles. The molecule has 0 atom stereocenters. The van der Waals surface area contributed by atoms with Crippen molar-refractivity contribution in [1.29, 1.82) is 0 Å². The van der Waals surface area contributed by atoms with Gasteiger partial charge >= 0.3 is 5.97 Å². The van der Waals surface area contributed by atoms with Crippen molar-refractivity contribution in [3.8, 4) is 5.75 Å². The molecule has 1 aliphatic heterocycles. The van der Waals surface area contributed by atoms with Crippen LogP contribution in [0.3, 0.4) is 0 Å². The molecule has 0 spiro atoms. The van der Waals surface area contributed by atoms with Gasteiger partial charge < -0.3 is 15.2 Å². The predicted octanol–water partition coefficient (Wildman–Crippen LogP) is 0.932. The highest BCUT2D eigenvalue weighted by molar-refractivity contribution is 5.94. The Hall–Kier alpha value is -2.08. The van der Waals surface area contributed by atoms with Crippen LogP contribution in [-0.2, 0) is 9.59 Å². The first-order valence-electron chi connectivity index (χ1n) is 4.49. The minimum atomic E-state index is -1.04. The predicted molar refractivity (Wildman–Crippen MR) is 62.3 cm³/mol. The monoisotopic (exact) mass is 256 g/mol. The third-order valence-corrected chi connectivity index (χ3v) is 1.91. The Balaban J connectivity index is 0.00000144. The molecular formula is C10H9ClN2O4. The van der Waals surface area contributed by atoms with Gasteiger partial charge in [0.1, 0.15) is 0 Å². The van der Waals surface area contributed by atoms with Crippen LogP contribution >= 0.6 is 12.4 Å². The first kappa shape index (κ1) is 13.0. The number of nitrogens with zero attached hydrogens (tertiary/aromatic N) is 1. The van der Waals surface area contributed by atoms with E-state index in [-0.39, 0.29) is 24.9 Å². The average molecular weight is 257 g/mol. The third kappa shape index (κ3) is 3.18. The van der Waals surface area contributed by atoms with Crippen molar-refractivity contribution in [2.75, 3.05) is 11.9 Å². The number of aliphatic carboxylic acids is 1. The summed E-state index contributed by atoms with van der Waals surface area (Å²) in [6, 6.07) is 1.61. The number of fused-ring (bicyclic) bond motifs is 1. The molecule has 6 nitrogen and oxygen atoms in total. The standard InChI is InChI=1S/C10H8N2O4.ClH/c13-8-5-16-7-3-6(1-2-9(14)15)4-11-10(7)12-8;/h1-4H,5H2,(H,14,15)(H,11,12,13);1H. The molecule has 90 valence electrons. The highest BCUT2D eigenvalue weighted by Crippen LogP contribution is 2.26. The average Bonchev–Trinajstić information content (AvgIpc) is 2.26. The molecule has 0 aromatic carbocycles. The molecule has 7 heteroatoms. The van der Waals surface area contributed by atoms with Gasteiger partial charge in [-0.3, -0.25) is 4.79 Å². The number of pyridine rings is 1. The molecule has 1 aliphatic rings. The molecule has 2 heterocycles. The van der Waals surface area contributed by atoms with Gasteiger partial charge in [-0.1, -0.05) is 0 Å². The number of hydrogen-bond donors (Lipinski definition) is 2. The summed E-state index contributed by atoms with van der Waals surface area (Å²) in [7, 11) is 0. The Bertz CT molecular complexity index is 487. The van der Waals surface area contributed by atoms with Crippen LogP contribution in [0, 0.1) is 0 Å². The van der Waals surface area contributed by atoms with E-state index in [4.69, 9.17) is 9.84 Å². The van der Waals surface area contributed by atoms with Crippen LogP contribution < -0.4 is 10.1 Å². The summed E-state index contributed by atoms with van der Waals surface area (Å²) < 4.78 is 5.13. The molecule has 17 heavy (non-hydrogen) atoms. The fourth-order valence-corrected chi connectivity index (χ4v) is 1.23. The second kappa shape index (κ2) is 5.31. The molecule has 0 saturated carbocycles. The summed E-state index contributed by atoms with van der Waals surface area (Å²) >= 11 is 0. The van der Waals surface area contributed by atoms with Gasteiger partial charge in [-0.25, -0.2) is 9.78 Å². The zero-order chi connectivity index (χ0) is 11.5. The van der Waals surface area contributed by atoms with Crippen molar-refractivity contribution >= 4 is 36.2 Å². The number of carboxylic acid groups (broad SMARTS) is 1. The van der Waals surface area contributed by atoms with Crippen molar-refractivity contribution in [3.05, 3.63) is 23.9 Å². The number of carbonyl (C=O) groups excluding carboxylic acids is 1. The lowest BCUT2D eigenvalue weighted by atomic mass is 10.2. The van der Waals surface area contributed by atoms with Crippen molar-refractivity contribution in [2.45, 2.75) is 0 Å². The minimum Gasteiger partial charge on any atom is -0.480 e. The Kier molecular flexibility index (Phi) is 4.06. The number of hydrogen-bond acceptors (Lipinski definition) is 4. The van der Waals surface area contributed by atoms with Gasteiger partial charge in [-0.2, -0.15) is 0 Å². The number of carbonyl (C=O) groups is 2. The molecule has 2 rings (SSSR count). The second-order valence-corrected chi connectivity index (χ2v) is 3.12. The molecule has 0 radical (unpaired) electrons. The van der Waals surface area contributed by atoms with E-state index in [0.717, 1.165) is 6.08 Å². The number of rotatable bonds is 2. The molecule has 0 unspecified atom stereocenters. The van der Waals surface area contributed by atoms with Gasteiger partial charge in [0.25, 0.3) is 5.91 Å². The molecule has 0 saturated heterocycles. The smallest absolute Gasteiger partial charge is 0.328 e. The van der Waals surface area contributed by atoms with E-state index in [1.54, 1.807) is 6.07 Å². The Morgan fingerprint density at radius 1 is 1.59 bits per heavy atom. The van der Waals surface area contributed by atoms with Gasteiger partial charge in [0.05, 0.1) is 0 Å². The number of ether oxygens (including phenoxy) is 1. The summed E-state index contributed by atoms with van der Waals surface area (Å²) in [6.07, 6.45) is 3.85. The third-order valence-electron chi connectivity index (χ3n) is 1.91. The van der Waals surface area contributed by atoms with E-state index in [2.05, 4.69) is 10.3 Å². The van der Waals surface area contributed by atoms with Crippen molar-refractivity contribution in [2.24, 2.45) is 0 Å². The lowest BCUT2D eigenvalue weighted by Crippen LogP contribution is -2.26. The Labute approximate surface area is 103 Å². The number of halogens is 1. The fraction of sp³-hybridized carbons (Fsp3) is 0.100. The van der Waals surface area contributed by atoms with Gasteiger partial charge in [0.2, 0.25) is 0 Å². The molecule has 0 bridgehead atoms. The van der Waals surface area contributed by atoms with Gasteiger partial charge in [-0.15, -0.1) is 12.4 Å². The summed E-state index contributed by atoms with van der Waals surface area (Å²) in [4.78, 5) is 25.2. The minimum absolute atomic E-state index is 0. The molecular weight excluding hydrogens is 248 g/mol. The fourth-order valence-electron chi connectivity index (χ4n) is 1.23. The van der Waals surface area contributed by atoms with E-state index in [1.807, 2.05) is 0 Å². The lowest BCUT2D eigenvalue weighted by molar-refractivity contribution is -0.131.